The van der Waals surface area contributed by atoms with Crippen molar-refractivity contribution in [3.63, 3.8) is 0 Å². The van der Waals surface area contributed by atoms with E-state index in [1.54, 1.807) is 13.2 Å². The maximum atomic E-state index is 12.1. The van der Waals surface area contributed by atoms with Gasteiger partial charge in [0.2, 0.25) is 5.91 Å². The van der Waals surface area contributed by atoms with Crippen molar-refractivity contribution in [3.05, 3.63) is 18.5 Å². The Morgan fingerprint density at radius 1 is 1.27 bits per heavy atom. The molecule has 0 unspecified atom stereocenters. The molecule has 1 saturated heterocycles. The number of piperidine rings is 1. The summed E-state index contributed by atoms with van der Waals surface area (Å²) in [6.45, 7) is 3.73. The zero-order valence-corrected chi connectivity index (χ0v) is 13.3. The Morgan fingerprint density at radius 2 is 2.09 bits per heavy atom. The van der Waals surface area contributed by atoms with Crippen molar-refractivity contribution >= 4 is 11.9 Å². The monoisotopic (exact) mass is 306 g/mol. The third-order valence-corrected chi connectivity index (χ3v) is 3.76. The van der Waals surface area contributed by atoms with Crippen LogP contribution in [0.3, 0.4) is 0 Å². The molecule has 0 bridgehead atoms. The minimum Gasteiger partial charge on any atom is -0.356 e. The normalized spacial score (nSPS) is 15.7. The van der Waals surface area contributed by atoms with E-state index in [0.717, 1.165) is 45.4 Å². The zero-order valence-electron chi connectivity index (χ0n) is 13.3. The molecule has 1 aliphatic heterocycles. The molecular weight excluding hydrogens is 280 g/mol. The van der Waals surface area contributed by atoms with Crippen molar-refractivity contribution in [2.75, 3.05) is 33.2 Å². The predicted octanol–water partition coefficient (Wildman–Crippen LogP) is 0.451. The molecule has 1 aromatic rings. The first-order valence-corrected chi connectivity index (χ1v) is 7.99. The van der Waals surface area contributed by atoms with Gasteiger partial charge in [-0.25, -0.2) is 0 Å². The number of rotatable bonds is 6. The van der Waals surface area contributed by atoms with E-state index in [-0.39, 0.29) is 5.91 Å². The second-order valence-corrected chi connectivity index (χ2v) is 5.42. The lowest BCUT2D eigenvalue weighted by Crippen LogP contribution is -2.46. The Kier molecular flexibility index (Phi) is 6.73. The molecular formula is C15H26N6O. The molecule has 7 heteroatoms. The Morgan fingerprint density at radius 3 is 2.77 bits per heavy atom. The molecule has 0 atom stereocenters. The number of carbonyl (C=O) groups is 1. The molecule has 0 radical (unpaired) electrons. The highest BCUT2D eigenvalue weighted by Crippen LogP contribution is 2.08. The molecule has 1 aromatic heterocycles. The highest BCUT2D eigenvalue weighted by molar-refractivity contribution is 5.86. The third kappa shape index (κ3) is 5.38. The maximum absolute atomic E-state index is 12.1. The number of aryl methyl sites for hydroxylation is 1. The molecule has 0 aliphatic carbocycles. The summed E-state index contributed by atoms with van der Waals surface area (Å²) in [7, 11) is 1.72. The van der Waals surface area contributed by atoms with E-state index in [1.807, 2.05) is 21.8 Å². The standard InChI is InChI=1S/C15H26N6O/c1-16-15(17-7-5-11-21-12-6-8-19-21)18-13-14(22)20-9-3-2-4-10-20/h6,8,12H,2-5,7,9-11,13H2,1H3,(H2,16,17,18). The van der Waals surface area contributed by atoms with Gasteiger partial charge in [0.25, 0.3) is 0 Å². The van der Waals surface area contributed by atoms with Crippen LogP contribution in [0.5, 0.6) is 0 Å². The number of guanidine groups is 1. The second-order valence-electron chi connectivity index (χ2n) is 5.42. The highest BCUT2D eigenvalue weighted by atomic mass is 16.2. The topological polar surface area (TPSA) is 74.5 Å². The first kappa shape index (κ1) is 16.3. The Balaban J connectivity index is 1.61. The van der Waals surface area contributed by atoms with Gasteiger partial charge in [-0.3, -0.25) is 14.5 Å². The van der Waals surface area contributed by atoms with E-state index < -0.39 is 0 Å². The second kappa shape index (κ2) is 9.07. The number of likely N-dealkylation sites (tertiary alicyclic amines) is 1. The number of nitrogens with zero attached hydrogens (tertiary/aromatic N) is 4. The molecule has 2 N–H and O–H groups in total. The first-order chi connectivity index (χ1) is 10.8. The molecule has 1 amide bonds. The summed E-state index contributed by atoms with van der Waals surface area (Å²) in [5.41, 5.74) is 0. The number of aliphatic imine (C=N–C) groups is 1. The molecule has 1 fully saturated rings. The summed E-state index contributed by atoms with van der Waals surface area (Å²) < 4.78 is 1.90. The SMILES string of the molecule is CN=C(NCCCn1cccn1)NCC(=O)N1CCCCC1. The number of nitrogens with one attached hydrogen (secondary N) is 2. The lowest BCUT2D eigenvalue weighted by Gasteiger charge is -2.27. The smallest absolute Gasteiger partial charge is 0.241 e. The van der Waals surface area contributed by atoms with E-state index >= 15 is 0 Å². The lowest BCUT2D eigenvalue weighted by atomic mass is 10.1. The molecule has 2 heterocycles. The quantitative estimate of drug-likeness (QED) is 0.455. The predicted molar refractivity (Wildman–Crippen MR) is 86.6 cm³/mol. The number of hydrogen-bond acceptors (Lipinski definition) is 3. The fourth-order valence-corrected chi connectivity index (χ4v) is 2.52. The van der Waals surface area contributed by atoms with Crippen molar-refractivity contribution in [3.8, 4) is 0 Å². The molecule has 22 heavy (non-hydrogen) atoms. The van der Waals surface area contributed by atoms with Gasteiger partial charge in [0.15, 0.2) is 5.96 Å². The highest BCUT2D eigenvalue weighted by Gasteiger charge is 2.16. The van der Waals surface area contributed by atoms with Gasteiger partial charge in [-0.05, 0) is 31.7 Å². The number of carbonyl (C=O) groups excluding carboxylic acids is 1. The lowest BCUT2D eigenvalue weighted by molar-refractivity contribution is -0.130. The molecule has 0 spiro atoms. The van der Waals surface area contributed by atoms with E-state index in [2.05, 4.69) is 20.7 Å². The van der Waals surface area contributed by atoms with Crippen LogP contribution in [0.25, 0.3) is 0 Å². The fourth-order valence-electron chi connectivity index (χ4n) is 2.52. The summed E-state index contributed by atoms with van der Waals surface area (Å²) >= 11 is 0. The van der Waals surface area contributed by atoms with Crippen LogP contribution in [0.2, 0.25) is 0 Å². The third-order valence-electron chi connectivity index (χ3n) is 3.76. The van der Waals surface area contributed by atoms with Gasteiger partial charge in [-0.15, -0.1) is 0 Å². The summed E-state index contributed by atoms with van der Waals surface area (Å²) in [4.78, 5) is 18.1. The van der Waals surface area contributed by atoms with Crippen LogP contribution in [0.15, 0.2) is 23.5 Å². The van der Waals surface area contributed by atoms with E-state index in [9.17, 15) is 4.79 Å². The number of amides is 1. The van der Waals surface area contributed by atoms with Crippen molar-refractivity contribution in [1.29, 1.82) is 0 Å². The van der Waals surface area contributed by atoms with Gasteiger partial charge in [0.05, 0.1) is 6.54 Å². The molecule has 0 aromatic carbocycles. The van der Waals surface area contributed by atoms with Gasteiger partial charge in [0.1, 0.15) is 0 Å². The van der Waals surface area contributed by atoms with Crippen LogP contribution in [0.4, 0.5) is 0 Å². The maximum Gasteiger partial charge on any atom is 0.241 e. The zero-order chi connectivity index (χ0) is 15.6. The van der Waals surface area contributed by atoms with Crippen molar-refractivity contribution in [1.82, 2.24) is 25.3 Å². The average molecular weight is 306 g/mol. The fraction of sp³-hybridized carbons (Fsp3) is 0.667. The van der Waals surface area contributed by atoms with Crippen LogP contribution < -0.4 is 10.6 Å². The van der Waals surface area contributed by atoms with Crippen LogP contribution in [-0.4, -0.2) is 59.8 Å². The summed E-state index contributed by atoms with van der Waals surface area (Å²) in [6.07, 6.45) is 8.14. The van der Waals surface area contributed by atoms with Crippen molar-refractivity contribution < 1.29 is 4.79 Å². The van der Waals surface area contributed by atoms with Crippen LogP contribution in [0, 0.1) is 0 Å². The molecule has 2 rings (SSSR count). The van der Waals surface area contributed by atoms with Crippen molar-refractivity contribution in [2.24, 2.45) is 4.99 Å². The summed E-state index contributed by atoms with van der Waals surface area (Å²) in [5, 5.41) is 10.5. The van der Waals surface area contributed by atoms with Crippen LogP contribution in [-0.2, 0) is 11.3 Å². The Bertz CT molecular complexity index is 464. The largest absolute Gasteiger partial charge is 0.356 e. The Hall–Kier alpha value is -2.05. The number of hydrogen-bond donors (Lipinski definition) is 2. The molecule has 1 aliphatic rings. The van der Waals surface area contributed by atoms with Gasteiger partial charge in [0, 0.05) is 45.6 Å². The minimum absolute atomic E-state index is 0.152. The minimum atomic E-state index is 0.152. The van der Waals surface area contributed by atoms with E-state index in [1.165, 1.54) is 6.42 Å². The first-order valence-electron chi connectivity index (χ1n) is 7.99. The van der Waals surface area contributed by atoms with Gasteiger partial charge in [-0.2, -0.15) is 5.10 Å². The molecule has 7 nitrogen and oxygen atoms in total. The van der Waals surface area contributed by atoms with Crippen molar-refractivity contribution in [2.45, 2.75) is 32.2 Å². The van der Waals surface area contributed by atoms with Gasteiger partial charge < -0.3 is 15.5 Å². The van der Waals surface area contributed by atoms with E-state index in [0.29, 0.717) is 12.5 Å². The summed E-state index contributed by atoms with van der Waals surface area (Å²) in [6, 6.07) is 1.92. The molecule has 0 saturated carbocycles. The Labute approximate surface area is 131 Å². The van der Waals surface area contributed by atoms with E-state index in [4.69, 9.17) is 0 Å². The summed E-state index contributed by atoms with van der Waals surface area (Å²) in [5.74, 6) is 0.824. The van der Waals surface area contributed by atoms with Crippen LogP contribution >= 0.6 is 0 Å². The molecule has 122 valence electrons. The number of aromatic nitrogens is 2. The van der Waals surface area contributed by atoms with Crippen LogP contribution in [0.1, 0.15) is 25.7 Å². The average Bonchev–Trinajstić information content (AvgIpc) is 3.08. The van der Waals surface area contributed by atoms with Gasteiger partial charge in [-0.1, -0.05) is 0 Å². The van der Waals surface area contributed by atoms with Gasteiger partial charge >= 0.3 is 0 Å².